The van der Waals surface area contributed by atoms with E-state index in [2.05, 4.69) is 0 Å². The van der Waals surface area contributed by atoms with Crippen molar-refractivity contribution in [3.63, 3.8) is 0 Å². The van der Waals surface area contributed by atoms with Crippen molar-refractivity contribution >= 4 is 19.7 Å². The normalized spacial score (nSPS) is 12.2. The number of benzene rings is 3. The van der Waals surface area contributed by atoms with E-state index in [0.717, 1.165) is 5.56 Å². The van der Waals surface area contributed by atoms with E-state index >= 15 is 0 Å². The minimum Gasteiger partial charge on any atom is -0.222 e. The van der Waals surface area contributed by atoms with E-state index in [4.69, 9.17) is 0 Å². The second kappa shape index (κ2) is 7.66. The maximum Gasteiger partial charge on any atom is 0.196 e. The molecule has 0 fully saturated rings. The Morgan fingerprint density at radius 1 is 0.630 bits per heavy atom. The molecule has 0 aromatic heterocycles. The average molecular weight is 401 g/mol. The first-order valence-electron chi connectivity index (χ1n) is 8.45. The highest BCUT2D eigenvalue weighted by molar-refractivity contribution is 8.09. The van der Waals surface area contributed by atoms with Crippen molar-refractivity contribution in [2.24, 2.45) is 0 Å². The molecule has 0 spiro atoms. The molecule has 0 aliphatic carbocycles. The molecule has 0 heterocycles. The lowest BCUT2D eigenvalue weighted by Crippen LogP contribution is -2.33. The molecule has 0 amide bonds. The van der Waals surface area contributed by atoms with Crippen molar-refractivity contribution in [3.05, 3.63) is 96.1 Å². The van der Waals surface area contributed by atoms with E-state index in [9.17, 15) is 16.8 Å². The zero-order chi connectivity index (χ0) is 19.5. The number of rotatable bonds is 6. The number of hydrogen-bond acceptors (Lipinski definition) is 4. The number of hydrogen-bond donors (Lipinski definition) is 0. The monoisotopic (exact) mass is 400 g/mol. The molecule has 0 unspecified atom stereocenters. The van der Waals surface area contributed by atoms with Gasteiger partial charge in [-0.3, -0.25) is 0 Å². The first-order chi connectivity index (χ1) is 12.8. The molecule has 3 aromatic carbocycles. The summed E-state index contributed by atoms with van der Waals surface area (Å²) >= 11 is 0. The van der Waals surface area contributed by atoms with Gasteiger partial charge in [-0.1, -0.05) is 66.2 Å². The van der Waals surface area contributed by atoms with Gasteiger partial charge in [0.25, 0.3) is 0 Å². The van der Waals surface area contributed by atoms with Gasteiger partial charge in [0.05, 0.1) is 9.79 Å². The van der Waals surface area contributed by atoms with E-state index in [1.807, 2.05) is 19.1 Å². The molecule has 0 aliphatic heterocycles. The molecule has 27 heavy (non-hydrogen) atoms. The quantitative estimate of drug-likeness (QED) is 0.631. The summed E-state index contributed by atoms with van der Waals surface area (Å²) < 4.78 is 51.4. The minimum absolute atomic E-state index is 0.00150. The maximum atomic E-state index is 13.2. The first kappa shape index (κ1) is 19.3. The first-order valence-corrected chi connectivity index (χ1v) is 11.5. The standard InChI is InChI=1S/C21H20O4S2/c1-17-12-14-18(15-13-17)16-21(26(22,23)19-8-4-2-5-9-19)27(24,25)20-10-6-3-7-11-20/h2-15,21H,16H2,1H3. The molecule has 140 valence electrons. The van der Waals surface area contributed by atoms with Crippen molar-refractivity contribution in [2.45, 2.75) is 27.7 Å². The summed E-state index contributed by atoms with van der Waals surface area (Å²) in [7, 11) is -8.21. The molecule has 4 nitrogen and oxygen atoms in total. The topological polar surface area (TPSA) is 68.3 Å². The fourth-order valence-electron chi connectivity index (χ4n) is 2.83. The molecule has 0 bridgehead atoms. The van der Waals surface area contributed by atoms with E-state index in [1.54, 1.807) is 48.5 Å². The Bertz CT molecular complexity index is 1030. The van der Waals surface area contributed by atoms with Gasteiger partial charge in [0.15, 0.2) is 24.3 Å². The summed E-state index contributed by atoms with van der Waals surface area (Å²) in [5.41, 5.74) is 1.68. The van der Waals surface area contributed by atoms with Gasteiger partial charge in [-0.2, -0.15) is 0 Å². The van der Waals surface area contributed by atoms with Crippen LogP contribution in [0.1, 0.15) is 11.1 Å². The van der Waals surface area contributed by atoms with Crippen LogP contribution >= 0.6 is 0 Å². The third-order valence-corrected chi connectivity index (χ3v) is 9.45. The van der Waals surface area contributed by atoms with Gasteiger partial charge in [0, 0.05) is 6.42 Å². The maximum absolute atomic E-state index is 13.2. The zero-order valence-corrected chi connectivity index (χ0v) is 16.4. The zero-order valence-electron chi connectivity index (χ0n) is 14.8. The molecular weight excluding hydrogens is 380 g/mol. The van der Waals surface area contributed by atoms with Crippen molar-refractivity contribution in [1.29, 1.82) is 0 Å². The van der Waals surface area contributed by atoms with E-state index in [1.165, 1.54) is 24.3 Å². The van der Waals surface area contributed by atoms with Crippen LogP contribution in [0.25, 0.3) is 0 Å². The summed E-state index contributed by atoms with van der Waals surface area (Å²) in [6.07, 6.45) is -0.116. The van der Waals surface area contributed by atoms with E-state index in [-0.39, 0.29) is 16.2 Å². The lowest BCUT2D eigenvalue weighted by molar-refractivity contribution is 0.573. The van der Waals surface area contributed by atoms with Crippen LogP contribution in [-0.2, 0) is 26.1 Å². The van der Waals surface area contributed by atoms with Crippen LogP contribution in [0.15, 0.2) is 94.7 Å². The van der Waals surface area contributed by atoms with Crippen LogP contribution in [0.3, 0.4) is 0 Å². The van der Waals surface area contributed by atoms with Crippen LogP contribution in [-0.4, -0.2) is 21.4 Å². The fourth-order valence-corrected chi connectivity index (χ4v) is 7.33. The van der Waals surface area contributed by atoms with Gasteiger partial charge >= 0.3 is 0 Å². The van der Waals surface area contributed by atoms with Crippen molar-refractivity contribution in [2.75, 3.05) is 0 Å². The Kier molecular flexibility index (Phi) is 5.48. The highest BCUT2D eigenvalue weighted by Crippen LogP contribution is 2.28. The smallest absolute Gasteiger partial charge is 0.196 e. The van der Waals surface area contributed by atoms with Gasteiger partial charge in [0.1, 0.15) is 0 Å². The molecule has 0 aliphatic rings. The van der Waals surface area contributed by atoms with Crippen LogP contribution in [0.5, 0.6) is 0 Å². The molecule has 3 aromatic rings. The summed E-state index contributed by atoms with van der Waals surface area (Å²) in [4.78, 5) is 0.00300. The SMILES string of the molecule is Cc1ccc(CC(S(=O)(=O)c2ccccc2)S(=O)(=O)c2ccccc2)cc1. The molecular formula is C21H20O4S2. The highest BCUT2D eigenvalue weighted by Gasteiger charge is 2.39. The summed E-state index contributed by atoms with van der Waals surface area (Å²) in [6, 6.07) is 22.7. The largest absolute Gasteiger partial charge is 0.222 e. The lowest BCUT2D eigenvalue weighted by Gasteiger charge is -2.19. The van der Waals surface area contributed by atoms with Crippen LogP contribution in [0.4, 0.5) is 0 Å². The van der Waals surface area contributed by atoms with E-state index in [0.29, 0.717) is 5.56 Å². The average Bonchev–Trinajstić information content (AvgIpc) is 2.68. The second-order valence-electron chi connectivity index (χ2n) is 6.34. The van der Waals surface area contributed by atoms with Crippen molar-refractivity contribution in [3.8, 4) is 0 Å². The highest BCUT2D eigenvalue weighted by atomic mass is 32.3. The fraction of sp³-hybridized carbons (Fsp3) is 0.143. The second-order valence-corrected chi connectivity index (χ2v) is 10.9. The van der Waals surface area contributed by atoms with Crippen molar-refractivity contribution in [1.82, 2.24) is 0 Å². The third-order valence-electron chi connectivity index (χ3n) is 4.36. The third kappa shape index (κ3) is 4.12. The van der Waals surface area contributed by atoms with Gasteiger partial charge in [-0.15, -0.1) is 0 Å². The Labute approximate surface area is 160 Å². The predicted octanol–water partition coefficient (Wildman–Crippen LogP) is 3.81. The van der Waals surface area contributed by atoms with Crippen molar-refractivity contribution < 1.29 is 16.8 Å². The Morgan fingerprint density at radius 3 is 1.44 bits per heavy atom. The molecule has 6 heteroatoms. The van der Waals surface area contributed by atoms with Crippen LogP contribution in [0, 0.1) is 6.92 Å². The Morgan fingerprint density at radius 2 is 1.04 bits per heavy atom. The predicted molar refractivity (Wildman–Crippen MR) is 106 cm³/mol. The van der Waals surface area contributed by atoms with Gasteiger partial charge in [-0.25, -0.2) is 16.8 Å². The van der Waals surface area contributed by atoms with Gasteiger partial charge in [-0.05, 0) is 36.8 Å². The van der Waals surface area contributed by atoms with Crippen LogP contribution in [0.2, 0.25) is 0 Å². The molecule has 3 rings (SSSR count). The Balaban J connectivity index is 2.13. The summed E-state index contributed by atoms with van der Waals surface area (Å²) in [5, 5.41) is 0. The molecule has 0 N–H and O–H groups in total. The lowest BCUT2D eigenvalue weighted by atomic mass is 10.1. The van der Waals surface area contributed by atoms with Crippen LogP contribution < -0.4 is 0 Å². The van der Waals surface area contributed by atoms with Gasteiger partial charge in [0.2, 0.25) is 0 Å². The minimum atomic E-state index is -4.10. The number of aryl methyl sites for hydroxylation is 1. The number of sulfone groups is 2. The summed E-state index contributed by atoms with van der Waals surface area (Å²) in [6.45, 7) is 1.92. The van der Waals surface area contributed by atoms with E-state index < -0.39 is 24.3 Å². The Hall–Kier alpha value is -2.44. The molecule has 0 saturated heterocycles. The molecule has 0 saturated carbocycles. The molecule has 0 radical (unpaired) electrons. The summed E-state index contributed by atoms with van der Waals surface area (Å²) in [5.74, 6) is 0. The van der Waals surface area contributed by atoms with Gasteiger partial charge < -0.3 is 0 Å². The molecule has 0 atom stereocenters.